The lowest BCUT2D eigenvalue weighted by Crippen LogP contribution is -2.37. The Hall–Kier alpha value is -0.990. The molecule has 0 aliphatic heterocycles. The van der Waals surface area contributed by atoms with Gasteiger partial charge in [0.05, 0.1) is 0 Å². The van der Waals surface area contributed by atoms with Gasteiger partial charge in [0, 0.05) is 49.1 Å². The number of hydrogen-bond donors (Lipinski definition) is 2. The molecule has 1 aromatic heterocycles. The normalized spacial score (nSPS) is 11.1. The Bertz CT molecular complexity index is 687. The molecule has 1 aromatic carbocycles. The maximum atomic E-state index is 6.17. The van der Waals surface area contributed by atoms with Gasteiger partial charge in [-0.3, -0.25) is 4.99 Å². The summed E-state index contributed by atoms with van der Waals surface area (Å²) in [5.74, 6) is 1.82. The van der Waals surface area contributed by atoms with Crippen LogP contribution in [-0.2, 0) is 13.1 Å². The van der Waals surface area contributed by atoms with E-state index in [2.05, 4.69) is 25.2 Å². The Kier molecular flexibility index (Phi) is 10.2. The third kappa shape index (κ3) is 7.42. The topological polar surface area (TPSA) is 54.2 Å². The van der Waals surface area contributed by atoms with Crippen molar-refractivity contribution in [3.05, 3.63) is 52.0 Å². The highest BCUT2D eigenvalue weighted by molar-refractivity contribution is 14.0. The molecule has 0 saturated heterocycles. The van der Waals surface area contributed by atoms with Crippen molar-refractivity contribution in [2.24, 2.45) is 4.99 Å². The van der Waals surface area contributed by atoms with Crippen LogP contribution < -0.4 is 10.6 Å². The van der Waals surface area contributed by atoms with Crippen LogP contribution in [0.1, 0.15) is 24.2 Å². The molecule has 5 nitrogen and oxygen atoms in total. The number of nitrogens with one attached hydrogen (secondary N) is 2. The van der Waals surface area contributed by atoms with Crippen LogP contribution in [0.4, 0.5) is 0 Å². The molecule has 0 bridgehead atoms. The summed E-state index contributed by atoms with van der Waals surface area (Å²) in [7, 11) is 1.76. The minimum Gasteiger partial charge on any atom is -0.356 e. The highest BCUT2D eigenvalue weighted by atomic mass is 127. The highest BCUT2D eigenvalue weighted by Crippen LogP contribution is 2.20. The van der Waals surface area contributed by atoms with Gasteiger partial charge in [0.15, 0.2) is 5.96 Å². The van der Waals surface area contributed by atoms with Gasteiger partial charge in [-0.15, -0.1) is 24.0 Å². The molecule has 0 fully saturated rings. The van der Waals surface area contributed by atoms with Crippen LogP contribution in [0.25, 0.3) is 0 Å². The van der Waals surface area contributed by atoms with Crippen LogP contribution in [-0.4, -0.2) is 29.1 Å². The molecule has 0 saturated carbocycles. The van der Waals surface area contributed by atoms with Gasteiger partial charge in [0.1, 0.15) is 5.82 Å². The fraction of sp³-hybridized carbons (Fsp3) is 0.412. The number of guanidine groups is 1. The average Bonchev–Trinajstić information content (AvgIpc) is 2.96. The van der Waals surface area contributed by atoms with Crippen molar-refractivity contribution < 1.29 is 0 Å². The van der Waals surface area contributed by atoms with E-state index in [9.17, 15) is 0 Å². The number of rotatable bonds is 7. The number of hydrogen-bond acceptors (Lipinski definition) is 2. The quantitative estimate of drug-likeness (QED) is 0.261. The van der Waals surface area contributed by atoms with Crippen molar-refractivity contribution in [1.82, 2.24) is 20.2 Å². The molecule has 2 aromatic rings. The first kappa shape index (κ1) is 22.1. The van der Waals surface area contributed by atoms with Crippen molar-refractivity contribution in [2.45, 2.75) is 32.9 Å². The van der Waals surface area contributed by atoms with E-state index in [0.717, 1.165) is 43.3 Å². The van der Waals surface area contributed by atoms with Crippen LogP contribution in [0.2, 0.25) is 10.0 Å². The van der Waals surface area contributed by atoms with Crippen LogP contribution in [0, 0.1) is 6.92 Å². The van der Waals surface area contributed by atoms with Crippen LogP contribution >= 0.6 is 47.2 Å². The summed E-state index contributed by atoms with van der Waals surface area (Å²) >= 11 is 12.1. The van der Waals surface area contributed by atoms with E-state index in [1.165, 1.54) is 0 Å². The number of benzene rings is 1. The molecule has 0 radical (unpaired) electrons. The fourth-order valence-corrected chi connectivity index (χ4v) is 2.79. The van der Waals surface area contributed by atoms with Crippen molar-refractivity contribution in [3.8, 4) is 0 Å². The fourth-order valence-electron chi connectivity index (χ4n) is 2.32. The largest absolute Gasteiger partial charge is 0.356 e. The first-order valence-electron chi connectivity index (χ1n) is 7.96. The Labute approximate surface area is 176 Å². The van der Waals surface area contributed by atoms with Crippen molar-refractivity contribution in [1.29, 1.82) is 0 Å². The molecule has 25 heavy (non-hydrogen) atoms. The standard InChI is InChI=1S/C17H23Cl2N5.HI/c1-13-21-8-10-24(13)9-4-3-7-22-17(20-2)23-12-14-5-6-15(18)11-16(14)19;/h5-6,8,10-11H,3-4,7,9,12H2,1-2H3,(H2,20,22,23);1H. The summed E-state index contributed by atoms with van der Waals surface area (Å²) in [5, 5.41) is 7.86. The molecule has 0 aliphatic rings. The first-order valence-corrected chi connectivity index (χ1v) is 8.72. The van der Waals surface area contributed by atoms with Gasteiger partial charge in [-0.25, -0.2) is 4.98 Å². The monoisotopic (exact) mass is 495 g/mol. The van der Waals surface area contributed by atoms with E-state index in [4.69, 9.17) is 23.2 Å². The third-order valence-corrected chi connectivity index (χ3v) is 4.31. The Morgan fingerprint density at radius 3 is 2.68 bits per heavy atom. The molecule has 0 unspecified atom stereocenters. The zero-order chi connectivity index (χ0) is 17.4. The lowest BCUT2D eigenvalue weighted by atomic mass is 10.2. The summed E-state index contributed by atoms with van der Waals surface area (Å²) in [6.07, 6.45) is 5.99. The number of halogens is 3. The molecular weight excluding hydrogens is 472 g/mol. The summed E-state index contributed by atoms with van der Waals surface area (Å²) in [6.45, 7) is 4.47. The highest BCUT2D eigenvalue weighted by Gasteiger charge is 2.03. The number of aromatic nitrogens is 2. The third-order valence-electron chi connectivity index (χ3n) is 3.73. The molecule has 2 N–H and O–H groups in total. The lowest BCUT2D eigenvalue weighted by molar-refractivity contribution is 0.588. The van der Waals surface area contributed by atoms with Gasteiger partial charge in [-0.1, -0.05) is 29.3 Å². The van der Waals surface area contributed by atoms with Gasteiger partial charge in [0.25, 0.3) is 0 Å². The lowest BCUT2D eigenvalue weighted by Gasteiger charge is -2.13. The molecule has 0 amide bonds. The smallest absolute Gasteiger partial charge is 0.191 e. The van der Waals surface area contributed by atoms with Gasteiger partial charge in [0.2, 0.25) is 0 Å². The van der Waals surface area contributed by atoms with Gasteiger partial charge in [-0.05, 0) is 37.5 Å². The molecule has 0 atom stereocenters. The molecule has 138 valence electrons. The minimum atomic E-state index is 0. The van der Waals surface area contributed by atoms with Crippen molar-refractivity contribution in [3.63, 3.8) is 0 Å². The van der Waals surface area contributed by atoms with E-state index >= 15 is 0 Å². The minimum absolute atomic E-state index is 0. The van der Waals surface area contributed by atoms with Crippen LogP contribution in [0.5, 0.6) is 0 Å². The molecule has 1 heterocycles. The second-order valence-corrected chi connectivity index (χ2v) is 6.31. The van der Waals surface area contributed by atoms with Crippen LogP contribution in [0.3, 0.4) is 0 Å². The number of aliphatic imine (C=N–C) groups is 1. The predicted molar refractivity (Wildman–Crippen MR) is 116 cm³/mol. The zero-order valence-corrected chi connectivity index (χ0v) is 18.3. The Morgan fingerprint density at radius 1 is 1.24 bits per heavy atom. The number of nitrogens with zero attached hydrogens (tertiary/aromatic N) is 3. The SMILES string of the molecule is CN=C(NCCCCn1ccnc1C)NCc1ccc(Cl)cc1Cl.I. The number of unbranched alkanes of at least 4 members (excludes halogenated alkanes) is 1. The maximum Gasteiger partial charge on any atom is 0.191 e. The summed E-state index contributed by atoms with van der Waals surface area (Å²) in [4.78, 5) is 8.44. The van der Waals surface area contributed by atoms with Crippen molar-refractivity contribution >= 4 is 53.1 Å². The number of imidazole rings is 1. The summed E-state index contributed by atoms with van der Waals surface area (Å²) < 4.78 is 2.16. The summed E-state index contributed by atoms with van der Waals surface area (Å²) in [5.41, 5.74) is 0.986. The maximum absolute atomic E-state index is 6.17. The first-order chi connectivity index (χ1) is 11.6. The molecular formula is C17H24Cl2IN5. The zero-order valence-electron chi connectivity index (χ0n) is 14.4. The Morgan fingerprint density at radius 2 is 2.04 bits per heavy atom. The van der Waals surface area contributed by atoms with Gasteiger partial charge in [-0.2, -0.15) is 0 Å². The second kappa shape index (κ2) is 11.6. The van der Waals surface area contributed by atoms with E-state index < -0.39 is 0 Å². The van der Waals surface area contributed by atoms with Crippen LogP contribution in [0.15, 0.2) is 35.6 Å². The van der Waals surface area contributed by atoms with E-state index in [0.29, 0.717) is 16.6 Å². The van der Waals surface area contributed by atoms with E-state index in [1.807, 2.05) is 31.5 Å². The summed E-state index contributed by atoms with van der Waals surface area (Å²) in [6, 6.07) is 5.49. The molecule has 0 aliphatic carbocycles. The van der Waals surface area contributed by atoms with E-state index in [1.54, 1.807) is 13.1 Å². The number of aryl methyl sites for hydroxylation is 2. The van der Waals surface area contributed by atoms with Gasteiger partial charge >= 0.3 is 0 Å². The molecule has 0 spiro atoms. The Balaban J connectivity index is 0.00000312. The van der Waals surface area contributed by atoms with E-state index in [-0.39, 0.29) is 24.0 Å². The van der Waals surface area contributed by atoms with Crippen molar-refractivity contribution in [2.75, 3.05) is 13.6 Å². The average molecular weight is 496 g/mol. The molecule has 2 rings (SSSR count). The second-order valence-electron chi connectivity index (χ2n) is 5.46. The van der Waals surface area contributed by atoms with Gasteiger partial charge < -0.3 is 15.2 Å². The predicted octanol–water partition coefficient (Wildman–Crippen LogP) is 4.26. The molecule has 8 heteroatoms.